The number of amides is 1. The van der Waals surface area contributed by atoms with Crippen LogP contribution in [0.4, 0.5) is 0 Å². The molecule has 0 radical (unpaired) electrons. The minimum atomic E-state index is -3.09. The van der Waals surface area contributed by atoms with Gasteiger partial charge in [0.25, 0.3) is 5.91 Å². The topological polar surface area (TPSA) is 100 Å². The summed E-state index contributed by atoms with van der Waals surface area (Å²) < 4.78 is 35.4. The van der Waals surface area contributed by atoms with E-state index < -0.39 is 15.5 Å². The zero-order valence-electron chi connectivity index (χ0n) is 25.9. The molecule has 2 saturated heterocycles. The van der Waals surface area contributed by atoms with Crippen molar-refractivity contribution < 1.29 is 22.7 Å². The monoisotopic (exact) mass is 674 g/mol. The number of carbonyl (C=O) groups excluding carboxylic acids is 1. The van der Waals surface area contributed by atoms with Crippen LogP contribution in [0, 0.1) is 0 Å². The smallest absolute Gasteiger partial charge is 0.262 e. The van der Waals surface area contributed by atoms with E-state index in [0.29, 0.717) is 59.8 Å². The maximum absolute atomic E-state index is 15.0. The van der Waals surface area contributed by atoms with E-state index in [2.05, 4.69) is 15.5 Å². The van der Waals surface area contributed by atoms with Gasteiger partial charge in [0, 0.05) is 60.7 Å². The molecule has 45 heavy (non-hydrogen) atoms. The molecular weight excluding hydrogens is 635 g/mol. The number of sulfone groups is 1. The summed E-state index contributed by atoms with van der Waals surface area (Å²) >= 11 is 12.5. The van der Waals surface area contributed by atoms with Gasteiger partial charge in [0.15, 0.2) is 5.66 Å². The zero-order chi connectivity index (χ0) is 32.4. The molecule has 1 amide bonds. The molecular formula is C33H40Cl2N4O5S. The van der Waals surface area contributed by atoms with Gasteiger partial charge in [-0.3, -0.25) is 20.3 Å². The number of nitrogens with one attached hydrogen (secondary N) is 2. The Bertz CT molecular complexity index is 1540. The summed E-state index contributed by atoms with van der Waals surface area (Å²) in [7, 11) is -1.49. The number of hydrogen-bond acceptors (Lipinski definition) is 8. The highest BCUT2D eigenvalue weighted by molar-refractivity contribution is 7.90. The number of piperazine rings is 1. The Labute approximate surface area is 275 Å². The first-order chi connectivity index (χ1) is 21.4. The lowest BCUT2D eigenvalue weighted by Crippen LogP contribution is -2.62. The Kier molecular flexibility index (Phi) is 10.3. The third kappa shape index (κ3) is 7.76. The average Bonchev–Trinajstić information content (AvgIpc) is 3.41. The molecule has 2 aliphatic heterocycles. The van der Waals surface area contributed by atoms with E-state index in [1.165, 1.54) is 6.26 Å². The van der Waals surface area contributed by atoms with Gasteiger partial charge in [0.1, 0.15) is 21.3 Å². The van der Waals surface area contributed by atoms with Crippen LogP contribution in [0.3, 0.4) is 0 Å². The normalized spacial score (nSPS) is 22.5. The molecule has 3 atom stereocenters. The number of ether oxygens (including phenoxy) is 2. The Morgan fingerprint density at radius 3 is 1.91 bits per heavy atom. The molecule has 2 aliphatic rings. The summed E-state index contributed by atoms with van der Waals surface area (Å²) in [6.07, 6.45) is 1.08. The Morgan fingerprint density at radius 1 is 0.911 bits per heavy atom. The molecule has 0 spiro atoms. The van der Waals surface area contributed by atoms with Crippen LogP contribution in [0.25, 0.3) is 0 Å². The molecule has 242 valence electrons. The van der Waals surface area contributed by atoms with Crippen LogP contribution >= 0.6 is 23.2 Å². The van der Waals surface area contributed by atoms with Gasteiger partial charge >= 0.3 is 0 Å². The third-order valence-electron chi connectivity index (χ3n) is 8.25. The van der Waals surface area contributed by atoms with Crippen LogP contribution in [0.5, 0.6) is 11.5 Å². The van der Waals surface area contributed by atoms with E-state index >= 15 is 0 Å². The minimum absolute atomic E-state index is 0.0846. The molecule has 0 saturated carbocycles. The SMILES string of the molecule is COc1ccc(C2(C(=O)N3CCN(CCS(C)(=O)=O)CC3)N[C@H](c3ccc(Cl)cc3)[C@H](c3ccc(Cl)cc3)N2)c(OC(C)C)c1. The second kappa shape index (κ2) is 13.9. The van der Waals surface area contributed by atoms with Gasteiger partial charge in [0.2, 0.25) is 0 Å². The molecule has 0 bridgehead atoms. The van der Waals surface area contributed by atoms with E-state index in [-0.39, 0.29) is 29.8 Å². The van der Waals surface area contributed by atoms with Gasteiger partial charge in [-0.1, -0.05) is 47.5 Å². The van der Waals surface area contributed by atoms with Crippen molar-refractivity contribution in [2.24, 2.45) is 0 Å². The van der Waals surface area contributed by atoms with Crippen LogP contribution in [0.1, 0.15) is 42.6 Å². The molecule has 0 aromatic heterocycles. The summed E-state index contributed by atoms with van der Waals surface area (Å²) in [6.45, 7) is 6.34. The Balaban J connectivity index is 1.59. The van der Waals surface area contributed by atoms with E-state index in [1.807, 2.05) is 85.5 Å². The fraction of sp³-hybridized carbons (Fsp3) is 0.424. The van der Waals surface area contributed by atoms with Crippen molar-refractivity contribution in [1.29, 1.82) is 0 Å². The molecule has 3 aromatic carbocycles. The lowest BCUT2D eigenvalue weighted by atomic mass is 9.95. The van der Waals surface area contributed by atoms with Crippen molar-refractivity contribution in [3.05, 3.63) is 93.5 Å². The van der Waals surface area contributed by atoms with Crippen LogP contribution in [-0.2, 0) is 20.3 Å². The van der Waals surface area contributed by atoms with E-state index in [4.69, 9.17) is 32.7 Å². The highest BCUT2D eigenvalue weighted by atomic mass is 35.5. The summed E-state index contributed by atoms with van der Waals surface area (Å²) in [5.74, 6) is 1.06. The van der Waals surface area contributed by atoms with Crippen molar-refractivity contribution in [2.75, 3.05) is 51.8 Å². The molecule has 1 unspecified atom stereocenters. The molecule has 2 N–H and O–H groups in total. The number of benzene rings is 3. The first-order valence-electron chi connectivity index (χ1n) is 15.0. The molecule has 3 aromatic rings. The molecule has 12 heteroatoms. The lowest BCUT2D eigenvalue weighted by Gasteiger charge is -2.40. The largest absolute Gasteiger partial charge is 0.497 e. The number of carbonyl (C=O) groups is 1. The maximum atomic E-state index is 15.0. The quantitative estimate of drug-likeness (QED) is 0.316. The first-order valence-corrected chi connectivity index (χ1v) is 17.8. The average molecular weight is 676 g/mol. The fourth-order valence-corrected chi connectivity index (χ4v) is 6.80. The molecule has 2 heterocycles. The molecule has 0 aliphatic carbocycles. The van der Waals surface area contributed by atoms with E-state index in [9.17, 15) is 13.2 Å². The molecule has 9 nitrogen and oxygen atoms in total. The molecule has 2 fully saturated rings. The molecule has 5 rings (SSSR count). The highest BCUT2D eigenvalue weighted by Crippen LogP contribution is 2.45. The second-order valence-corrected chi connectivity index (χ2v) is 15.0. The van der Waals surface area contributed by atoms with E-state index in [0.717, 1.165) is 11.1 Å². The van der Waals surface area contributed by atoms with Gasteiger partial charge in [-0.25, -0.2) is 8.42 Å². The van der Waals surface area contributed by atoms with Crippen molar-refractivity contribution in [2.45, 2.75) is 37.7 Å². The number of methoxy groups -OCH3 is 1. The van der Waals surface area contributed by atoms with E-state index in [1.54, 1.807) is 7.11 Å². The van der Waals surface area contributed by atoms with Gasteiger partial charge < -0.3 is 14.4 Å². The van der Waals surface area contributed by atoms with Crippen LogP contribution in [0.15, 0.2) is 66.7 Å². The van der Waals surface area contributed by atoms with Gasteiger partial charge in [-0.05, 0) is 61.4 Å². The number of hydrogen-bond donors (Lipinski definition) is 2. The summed E-state index contributed by atoms with van der Waals surface area (Å²) in [5.41, 5.74) is 1.15. The fourth-order valence-electron chi connectivity index (χ4n) is 5.96. The predicted octanol–water partition coefficient (Wildman–Crippen LogP) is 4.81. The van der Waals surface area contributed by atoms with Gasteiger partial charge in [-0.15, -0.1) is 0 Å². The first kappa shape index (κ1) is 33.5. The Morgan fingerprint density at radius 2 is 1.44 bits per heavy atom. The van der Waals surface area contributed by atoms with Crippen molar-refractivity contribution in [3.8, 4) is 11.5 Å². The van der Waals surface area contributed by atoms with Gasteiger partial charge in [0.05, 0.1) is 31.1 Å². The summed E-state index contributed by atoms with van der Waals surface area (Å²) in [6, 6.07) is 20.1. The summed E-state index contributed by atoms with van der Waals surface area (Å²) in [5, 5.41) is 8.70. The Hall–Kier alpha value is -2.86. The van der Waals surface area contributed by atoms with Crippen LogP contribution < -0.4 is 20.1 Å². The third-order valence-corrected chi connectivity index (χ3v) is 9.68. The predicted molar refractivity (Wildman–Crippen MR) is 178 cm³/mol. The van der Waals surface area contributed by atoms with Crippen LogP contribution in [-0.4, -0.2) is 82.1 Å². The van der Waals surface area contributed by atoms with Crippen molar-refractivity contribution >= 4 is 38.9 Å². The number of rotatable bonds is 10. The number of halogens is 2. The lowest BCUT2D eigenvalue weighted by molar-refractivity contribution is -0.141. The number of nitrogens with zero attached hydrogens (tertiary/aromatic N) is 2. The highest BCUT2D eigenvalue weighted by Gasteiger charge is 2.54. The summed E-state index contributed by atoms with van der Waals surface area (Å²) in [4.78, 5) is 18.9. The van der Waals surface area contributed by atoms with Crippen molar-refractivity contribution in [3.63, 3.8) is 0 Å². The van der Waals surface area contributed by atoms with Gasteiger partial charge in [-0.2, -0.15) is 0 Å². The zero-order valence-corrected chi connectivity index (χ0v) is 28.3. The van der Waals surface area contributed by atoms with Crippen LogP contribution in [0.2, 0.25) is 10.0 Å². The minimum Gasteiger partial charge on any atom is -0.497 e. The standard InChI is InChI=1S/C33H40Cl2N4O5S/c1-22(2)44-29-21-27(43-3)13-14-28(29)33(32(40)39-17-15-38(16-18-39)19-20-45(4,41)42)36-30(23-5-9-25(34)10-6-23)31(37-33)24-7-11-26(35)12-8-24/h5-14,21-22,30-31,36-37H,15-20H2,1-4H3/t30-,31+,33?. The second-order valence-electron chi connectivity index (χ2n) is 11.9. The van der Waals surface area contributed by atoms with Crippen molar-refractivity contribution in [1.82, 2.24) is 20.4 Å². The maximum Gasteiger partial charge on any atom is 0.262 e.